The predicted molar refractivity (Wildman–Crippen MR) is 91.3 cm³/mol. The molecule has 0 aliphatic carbocycles. The number of carbonyl (C=O) groups is 1. The molecule has 0 aromatic carbocycles. The molecule has 0 atom stereocenters. The fourth-order valence-corrected chi connectivity index (χ4v) is 2.48. The minimum Gasteiger partial charge on any atom is -0.352 e. The van der Waals surface area contributed by atoms with Crippen molar-refractivity contribution in [3.8, 4) is 0 Å². The van der Waals surface area contributed by atoms with E-state index < -0.39 is 11.9 Å². The lowest BCUT2D eigenvalue weighted by Gasteiger charge is -2.05. The molecule has 1 amide bonds. The number of amides is 1. The highest BCUT2D eigenvalue weighted by Gasteiger charge is 2.34. The van der Waals surface area contributed by atoms with Crippen LogP contribution in [-0.2, 0) is 24.1 Å². The van der Waals surface area contributed by atoms with Crippen LogP contribution < -0.4 is 5.32 Å². The van der Waals surface area contributed by atoms with E-state index >= 15 is 0 Å². The maximum atomic E-state index is 12.6. The van der Waals surface area contributed by atoms with Gasteiger partial charge in [0.25, 0.3) is 0 Å². The van der Waals surface area contributed by atoms with Crippen molar-refractivity contribution in [1.82, 2.24) is 24.9 Å². The van der Waals surface area contributed by atoms with E-state index in [9.17, 15) is 18.0 Å². The zero-order chi connectivity index (χ0) is 19.3. The summed E-state index contributed by atoms with van der Waals surface area (Å²) in [5, 5.41) is 10.4. The van der Waals surface area contributed by atoms with Gasteiger partial charge in [-0.2, -0.15) is 23.4 Å². The van der Waals surface area contributed by atoms with Crippen molar-refractivity contribution in [2.75, 3.05) is 6.54 Å². The van der Waals surface area contributed by atoms with E-state index in [0.29, 0.717) is 25.2 Å². The van der Waals surface area contributed by atoms with E-state index in [-0.39, 0.29) is 5.91 Å². The van der Waals surface area contributed by atoms with Gasteiger partial charge in [-0.15, -0.1) is 0 Å². The number of nitrogens with zero attached hydrogens (tertiary/aromatic N) is 4. The Hall–Kier alpha value is -2.58. The summed E-state index contributed by atoms with van der Waals surface area (Å²) < 4.78 is 41.0. The van der Waals surface area contributed by atoms with Gasteiger partial charge in [0.05, 0.1) is 6.20 Å². The average Bonchev–Trinajstić information content (AvgIpc) is 3.12. The second-order valence-corrected chi connectivity index (χ2v) is 5.87. The Morgan fingerprint density at radius 1 is 1.31 bits per heavy atom. The fraction of sp³-hybridized carbons (Fsp3) is 0.471. The lowest BCUT2D eigenvalue weighted by molar-refractivity contribution is -0.141. The number of hydrogen-bond donors (Lipinski definition) is 1. The van der Waals surface area contributed by atoms with Gasteiger partial charge in [0, 0.05) is 42.7 Å². The molecular formula is C17H22F3N5O. The van der Waals surface area contributed by atoms with Crippen LogP contribution in [-0.4, -0.2) is 32.0 Å². The average molecular weight is 369 g/mol. The van der Waals surface area contributed by atoms with Crippen LogP contribution in [0.1, 0.15) is 36.0 Å². The summed E-state index contributed by atoms with van der Waals surface area (Å²) in [4.78, 5) is 11.8. The summed E-state index contributed by atoms with van der Waals surface area (Å²) in [6.45, 7) is 6.89. The third-order valence-electron chi connectivity index (χ3n) is 3.97. The standard InChI is InChI=1S/C17H22F3N5O/c1-4-24-13(3)14(11-22-24)6-7-16(26)21-8-5-9-25-12(2)10-15(23-25)17(18,19)20/h6-7,10-11H,4-5,8-9H2,1-3H3,(H,21,26)/b7-6+. The summed E-state index contributed by atoms with van der Waals surface area (Å²) in [6, 6.07) is 1.01. The first kappa shape index (κ1) is 19.7. The Labute approximate surface area is 149 Å². The molecule has 26 heavy (non-hydrogen) atoms. The number of carbonyl (C=O) groups excluding carboxylic acids is 1. The molecule has 2 aromatic heterocycles. The number of alkyl halides is 3. The number of aryl methyl sites for hydroxylation is 3. The number of hydrogen-bond acceptors (Lipinski definition) is 3. The fourth-order valence-electron chi connectivity index (χ4n) is 2.48. The van der Waals surface area contributed by atoms with Gasteiger partial charge < -0.3 is 5.32 Å². The van der Waals surface area contributed by atoms with Crippen LogP contribution in [0, 0.1) is 13.8 Å². The molecule has 2 aromatic rings. The van der Waals surface area contributed by atoms with Crippen LogP contribution in [0.2, 0.25) is 0 Å². The molecule has 0 aliphatic heterocycles. The molecular weight excluding hydrogens is 347 g/mol. The zero-order valence-corrected chi connectivity index (χ0v) is 15.0. The van der Waals surface area contributed by atoms with Crippen LogP contribution in [0.15, 0.2) is 18.3 Å². The summed E-state index contributed by atoms with van der Waals surface area (Å²) in [5.41, 5.74) is 1.39. The third-order valence-corrected chi connectivity index (χ3v) is 3.97. The molecule has 2 heterocycles. The first-order valence-electron chi connectivity index (χ1n) is 8.32. The highest BCUT2D eigenvalue weighted by molar-refractivity contribution is 5.91. The summed E-state index contributed by atoms with van der Waals surface area (Å²) in [7, 11) is 0. The number of rotatable bonds is 7. The second kappa shape index (κ2) is 8.20. The van der Waals surface area contributed by atoms with Crippen molar-refractivity contribution in [3.63, 3.8) is 0 Å². The first-order valence-corrected chi connectivity index (χ1v) is 8.32. The number of aromatic nitrogens is 4. The monoisotopic (exact) mass is 369 g/mol. The normalized spacial score (nSPS) is 12.1. The summed E-state index contributed by atoms with van der Waals surface area (Å²) in [5.74, 6) is -0.262. The lowest BCUT2D eigenvalue weighted by Crippen LogP contribution is -2.23. The van der Waals surface area contributed by atoms with E-state index in [2.05, 4.69) is 15.5 Å². The molecule has 0 spiro atoms. The third kappa shape index (κ3) is 4.96. The van der Waals surface area contributed by atoms with Crippen molar-refractivity contribution in [3.05, 3.63) is 41.0 Å². The minimum atomic E-state index is -4.45. The summed E-state index contributed by atoms with van der Waals surface area (Å²) in [6.07, 6.45) is 0.842. The molecule has 1 N–H and O–H groups in total. The maximum Gasteiger partial charge on any atom is 0.435 e. The van der Waals surface area contributed by atoms with E-state index in [1.807, 2.05) is 18.5 Å². The van der Waals surface area contributed by atoms with Gasteiger partial charge in [0.1, 0.15) is 0 Å². The van der Waals surface area contributed by atoms with E-state index in [1.54, 1.807) is 19.2 Å². The molecule has 0 unspecified atom stereocenters. The predicted octanol–water partition coefficient (Wildman–Crippen LogP) is 2.95. The molecule has 0 bridgehead atoms. The number of nitrogens with one attached hydrogen (secondary N) is 1. The Morgan fingerprint density at radius 2 is 2.04 bits per heavy atom. The second-order valence-electron chi connectivity index (χ2n) is 5.87. The first-order chi connectivity index (χ1) is 12.2. The van der Waals surface area contributed by atoms with Crippen molar-refractivity contribution < 1.29 is 18.0 Å². The highest BCUT2D eigenvalue weighted by Crippen LogP contribution is 2.28. The van der Waals surface area contributed by atoms with E-state index in [0.717, 1.165) is 23.9 Å². The van der Waals surface area contributed by atoms with E-state index in [4.69, 9.17) is 0 Å². The van der Waals surface area contributed by atoms with Crippen molar-refractivity contribution in [1.29, 1.82) is 0 Å². The van der Waals surface area contributed by atoms with Crippen LogP contribution in [0.4, 0.5) is 13.2 Å². The van der Waals surface area contributed by atoms with Crippen LogP contribution in [0.25, 0.3) is 6.08 Å². The minimum absolute atomic E-state index is 0.262. The van der Waals surface area contributed by atoms with Crippen molar-refractivity contribution in [2.24, 2.45) is 0 Å². The molecule has 0 radical (unpaired) electrons. The molecule has 9 heteroatoms. The topological polar surface area (TPSA) is 64.7 Å². The Kier molecular flexibility index (Phi) is 6.23. The van der Waals surface area contributed by atoms with Gasteiger partial charge in [-0.3, -0.25) is 14.2 Å². The Balaban J connectivity index is 1.79. The van der Waals surface area contributed by atoms with E-state index in [1.165, 1.54) is 10.8 Å². The van der Waals surface area contributed by atoms with Crippen molar-refractivity contribution in [2.45, 2.75) is 46.5 Å². The zero-order valence-electron chi connectivity index (χ0n) is 15.0. The molecule has 0 saturated heterocycles. The van der Waals surface area contributed by atoms with Crippen LogP contribution >= 0.6 is 0 Å². The smallest absolute Gasteiger partial charge is 0.352 e. The Bertz CT molecular complexity index is 789. The molecule has 2 rings (SSSR count). The van der Waals surface area contributed by atoms with Gasteiger partial charge >= 0.3 is 6.18 Å². The highest BCUT2D eigenvalue weighted by atomic mass is 19.4. The van der Waals surface area contributed by atoms with Crippen LogP contribution in [0.5, 0.6) is 0 Å². The summed E-state index contributed by atoms with van der Waals surface area (Å²) >= 11 is 0. The number of halogens is 3. The van der Waals surface area contributed by atoms with Gasteiger partial charge in [-0.1, -0.05) is 0 Å². The van der Waals surface area contributed by atoms with Crippen LogP contribution in [0.3, 0.4) is 0 Å². The molecule has 0 fully saturated rings. The van der Waals surface area contributed by atoms with Gasteiger partial charge in [0.15, 0.2) is 5.69 Å². The lowest BCUT2D eigenvalue weighted by atomic mass is 10.2. The Morgan fingerprint density at radius 3 is 2.62 bits per heavy atom. The molecule has 0 aliphatic rings. The van der Waals surface area contributed by atoms with Gasteiger partial charge in [0.2, 0.25) is 5.91 Å². The molecule has 142 valence electrons. The molecule has 6 nitrogen and oxygen atoms in total. The quantitative estimate of drug-likeness (QED) is 0.603. The van der Waals surface area contributed by atoms with Gasteiger partial charge in [-0.25, -0.2) is 0 Å². The SMILES string of the molecule is CCn1ncc(/C=C/C(=O)NCCCn2nc(C(F)(F)F)cc2C)c1C. The molecule has 0 saturated carbocycles. The largest absolute Gasteiger partial charge is 0.435 e. The maximum absolute atomic E-state index is 12.6. The van der Waals surface area contributed by atoms with Crippen molar-refractivity contribution >= 4 is 12.0 Å². The van der Waals surface area contributed by atoms with Gasteiger partial charge in [-0.05, 0) is 39.3 Å².